The van der Waals surface area contributed by atoms with Crippen LogP contribution in [0.4, 0.5) is 0 Å². The molecule has 1 aromatic rings. The van der Waals surface area contributed by atoms with Crippen molar-refractivity contribution in [1.82, 2.24) is 5.32 Å². The lowest BCUT2D eigenvalue weighted by Gasteiger charge is -2.13. The van der Waals surface area contributed by atoms with Crippen LogP contribution in [0.1, 0.15) is 17.5 Å². The standard InChI is InChI=1S/C13H16N2O/c1-10-3-2-4-12(7-14)13(10)16-9-11-5-6-15-8-11/h2-4,11,15H,5-6,8-9H2,1H3. The van der Waals surface area contributed by atoms with Gasteiger partial charge in [-0.05, 0) is 31.5 Å². The Bertz CT molecular complexity index is 403. The smallest absolute Gasteiger partial charge is 0.139 e. The minimum Gasteiger partial charge on any atom is -0.492 e. The number of rotatable bonds is 3. The Hall–Kier alpha value is -1.53. The van der Waals surface area contributed by atoms with Crippen molar-refractivity contribution in [3.05, 3.63) is 29.3 Å². The second-order valence-electron chi connectivity index (χ2n) is 4.23. The summed E-state index contributed by atoms with van der Waals surface area (Å²) in [5.74, 6) is 1.32. The number of para-hydroxylation sites is 1. The van der Waals surface area contributed by atoms with Gasteiger partial charge in [0.25, 0.3) is 0 Å². The van der Waals surface area contributed by atoms with Gasteiger partial charge in [0.15, 0.2) is 0 Å². The van der Waals surface area contributed by atoms with E-state index in [4.69, 9.17) is 10.00 Å². The lowest BCUT2D eigenvalue weighted by Crippen LogP contribution is -2.16. The predicted molar refractivity (Wildman–Crippen MR) is 62.4 cm³/mol. The van der Waals surface area contributed by atoms with Gasteiger partial charge >= 0.3 is 0 Å². The summed E-state index contributed by atoms with van der Waals surface area (Å²) in [6.07, 6.45) is 1.16. The number of hydrogen-bond donors (Lipinski definition) is 1. The zero-order chi connectivity index (χ0) is 11.4. The number of nitriles is 1. The third kappa shape index (κ3) is 2.34. The molecule has 16 heavy (non-hydrogen) atoms. The Morgan fingerprint density at radius 1 is 1.56 bits per heavy atom. The summed E-state index contributed by atoms with van der Waals surface area (Å²) in [6, 6.07) is 7.83. The Kier molecular flexibility index (Phi) is 3.43. The molecule has 1 unspecified atom stereocenters. The molecule has 1 heterocycles. The van der Waals surface area contributed by atoms with E-state index < -0.39 is 0 Å². The molecule has 0 saturated carbocycles. The van der Waals surface area contributed by atoms with Gasteiger partial charge in [0.05, 0.1) is 12.2 Å². The number of nitrogens with zero attached hydrogens (tertiary/aromatic N) is 1. The van der Waals surface area contributed by atoms with Crippen LogP contribution in [0.25, 0.3) is 0 Å². The fourth-order valence-electron chi connectivity index (χ4n) is 1.99. The second kappa shape index (κ2) is 5.00. The van der Waals surface area contributed by atoms with E-state index in [1.165, 1.54) is 0 Å². The van der Waals surface area contributed by atoms with Crippen LogP contribution in [0.2, 0.25) is 0 Å². The molecular formula is C13H16N2O. The molecule has 0 amide bonds. The highest BCUT2D eigenvalue weighted by Gasteiger charge is 2.16. The van der Waals surface area contributed by atoms with Gasteiger partial charge in [-0.2, -0.15) is 5.26 Å². The van der Waals surface area contributed by atoms with Gasteiger partial charge in [-0.1, -0.05) is 12.1 Å². The first-order valence-electron chi connectivity index (χ1n) is 5.64. The SMILES string of the molecule is Cc1cccc(C#N)c1OCC1CCNC1. The maximum Gasteiger partial charge on any atom is 0.139 e. The molecule has 1 N–H and O–H groups in total. The fourth-order valence-corrected chi connectivity index (χ4v) is 1.99. The van der Waals surface area contributed by atoms with E-state index in [2.05, 4.69) is 11.4 Å². The van der Waals surface area contributed by atoms with Gasteiger partial charge in [-0.25, -0.2) is 0 Å². The summed E-state index contributed by atoms with van der Waals surface area (Å²) in [5, 5.41) is 12.3. The highest BCUT2D eigenvalue weighted by atomic mass is 16.5. The van der Waals surface area contributed by atoms with Crippen molar-refractivity contribution in [3.63, 3.8) is 0 Å². The van der Waals surface area contributed by atoms with Crippen molar-refractivity contribution < 1.29 is 4.74 Å². The van der Waals surface area contributed by atoms with E-state index in [1.807, 2.05) is 19.1 Å². The summed E-state index contributed by atoms with van der Waals surface area (Å²) in [7, 11) is 0. The minimum atomic E-state index is 0.575. The molecule has 84 valence electrons. The largest absolute Gasteiger partial charge is 0.492 e. The third-order valence-corrected chi connectivity index (χ3v) is 2.96. The van der Waals surface area contributed by atoms with Gasteiger partial charge in [-0.15, -0.1) is 0 Å². The molecule has 1 aliphatic heterocycles. The van der Waals surface area contributed by atoms with E-state index in [-0.39, 0.29) is 0 Å². The molecule has 3 nitrogen and oxygen atoms in total. The molecule has 1 aromatic carbocycles. The number of ether oxygens (including phenoxy) is 1. The average molecular weight is 216 g/mol. The third-order valence-electron chi connectivity index (χ3n) is 2.96. The van der Waals surface area contributed by atoms with Crippen LogP contribution in [-0.4, -0.2) is 19.7 Å². The van der Waals surface area contributed by atoms with Crippen molar-refractivity contribution >= 4 is 0 Å². The molecule has 1 aliphatic rings. The Balaban J connectivity index is 2.05. The van der Waals surface area contributed by atoms with Crippen LogP contribution in [0, 0.1) is 24.2 Å². The summed E-state index contributed by atoms with van der Waals surface area (Å²) in [6.45, 7) is 4.77. The minimum absolute atomic E-state index is 0.575. The lowest BCUT2D eigenvalue weighted by molar-refractivity contribution is 0.258. The molecule has 0 aliphatic carbocycles. The van der Waals surface area contributed by atoms with Crippen molar-refractivity contribution in [2.75, 3.05) is 19.7 Å². The normalized spacial score (nSPS) is 19.4. The average Bonchev–Trinajstić information content (AvgIpc) is 2.80. The Morgan fingerprint density at radius 2 is 2.44 bits per heavy atom. The summed E-state index contributed by atoms with van der Waals surface area (Å²) in [5.41, 5.74) is 1.66. The first-order valence-corrected chi connectivity index (χ1v) is 5.64. The zero-order valence-electron chi connectivity index (χ0n) is 9.49. The Labute approximate surface area is 96.0 Å². The summed E-state index contributed by atoms with van der Waals surface area (Å²) < 4.78 is 5.78. The molecule has 2 rings (SSSR count). The Morgan fingerprint density at radius 3 is 3.12 bits per heavy atom. The number of benzene rings is 1. The molecular weight excluding hydrogens is 200 g/mol. The molecule has 0 aromatic heterocycles. The van der Waals surface area contributed by atoms with Crippen LogP contribution >= 0.6 is 0 Å². The van der Waals surface area contributed by atoms with E-state index in [9.17, 15) is 0 Å². The van der Waals surface area contributed by atoms with Gasteiger partial charge in [0.2, 0.25) is 0 Å². The van der Waals surface area contributed by atoms with Crippen LogP contribution in [0.5, 0.6) is 5.75 Å². The van der Waals surface area contributed by atoms with Crippen molar-refractivity contribution in [2.24, 2.45) is 5.92 Å². The van der Waals surface area contributed by atoms with Crippen molar-refractivity contribution in [1.29, 1.82) is 5.26 Å². The van der Waals surface area contributed by atoms with Gasteiger partial charge < -0.3 is 10.1 Å². The quantitative estimate of drug-likeness (QED) is 0.838. The molecule has 3 heteroatoms. The monoisotopic (exact) mass is 216 g/mol. The van der Waals surface area contributed by atoms with Gasteiger partial charge in [-0.3, -0.25) is 0 Å². The first kappa shape index (κ1) is 11.0. The van der Waals surface area contributed by atoms with Crippen LogP contribution in [0.15, 0.2) is 18.2 Å². The van der Waals surface area contributed by atoms with E-state index in [1.54, 1.807) is 6.07 Å². The van der Waals surface area contributed by atoms with Crippen molar-refractivity contribution in [3.8, 4) is 11.8 Å². The molecule has 0 radical (unpaired) electrons. The molecule has 1 fully saturated rings. The number of nitrogens with one attached hydrogen (secondary N) is 1. The van der Waals surface area contributed by atoms with Gasteiger partial charge in [0.1, 0.15) is 11.8 Å². The highest BCUT2D eigenvalue weighted by Crippen LogP contribution is 2.23. The van der Waals surface area contributed by atoms with E-state index in [0.717, 1.165) is 30.8 Å². The predicted octanol–water partition coefficient (Wildman–Crippen LogP) is 1.85. The highest BCUT2D eigenvalue weighted by molar-refractivity contribution is 5.47. The number of aryl methyl sites for hydroxylation is 1. The van der Waals surface area contributed by atoms with Crippen molar-refractivity contribution in [2.45, 2.75) is 13.3 Å². The fraction of sp³-hybridized carbons (Fsp3) is 0.462. The molecule has 1 atom stereocenters. The second-order valence-corrected chi connectivity index (χ2v) is 4.23. The van der Waals surface area contributed by atoms with E-state index >= 15 is 0 Å². The summed E-state index contributed by atoms with van der Waals surface area (Å²) in [4.78, 5) is 0. The summed E-state index contributed by atoms with van der Waals surface area (Å²) >= 11 is 0. The maximum absolute atomic E-state index is 8.99. The first-order chi connectivity index (χ1) is 7.81. The van der Waals surface area contributed by atoms with Gasteiger partial charge in [0, 0.05) is 12.5 Å². The van der Waals surface area contributed by atoms with Crippen LogP contribution in [0.3, 0.4) is 0 Å². The maximum atomic E-state index is 8.99. The molecule has 0 spiro atoms. The van der Waals surface area contributed by atoms with Crippen LogP contribution in [-0.2, 0) is 0 Å². The molecule has 0 bridgehead atoms. The van der Waals surface area contributed by atoms with E-state index in [0.29, 0.717) is 18.1 Å². The molecule has 1 saturated heterocycles. The topological polar surface area (TPSA) is 45.0 Å². The number of hydrogen-bond acceptors (Lipinski definition) is 3. The zero-order valence-corrected chi connectivity index (χ0v) is 9.49. The van der Waals surface area contributed by atoms with Crippen LogP contribution < -0.4 is 10.1 Å². The lowest BCUT2D eigenvalue weighted by atomic mass is 10.1.